The smallest absolute Gasteiger partial charge is 0.0694 e. The van der Waals surface area contributed by atoms with E-state index in [1.165, 1.54) is 16.7 Å². The van der Waals surface area contributed by atoms with Gasteiger partial charge in [0, 0.05) is 34.0 Å². The number of nitrogens with one attached hydrogen (secondary N) is 2. The number of aliphatic carboxylic acids is 2. The van der Waals surface area contributed by atoms with Gasteiger partial charge in [0.1, 0.15) is 0 Å². The average Bonchev–Trinajstić information content (AvgIpc) is 3.59. The van der Waals surface area contributed by atoms with Crippen LogP contribution in [0, 0.1) is 13.8 Å². The second-order valence-corrected chi connectivity index (χ2v) is 11.1. The number of carbonyl (C=O) groups excluding carboxylic acids is 2. The number of carboxylic acid groups (broad SMARTS) is 2. The number of allylic oxidation sites excluding steroid dienone is 4. The third-order valence-electron chi connectivity index (χ3n) is 8.67. The molecule has 218 valence electrons. The molecule has 3 aromatic heterocycles. The van der Waals surface area contributed by atoms with E-state index in [4.69, 9.17) is 9.97 Å². The Bertz CT molecular complexity index is 1850. The number of hydrogen-bond donors (Lipinski definition) is 2. The molecule has 0 fully saturated rings. The van der Waals surface area contributed by atoms with Crippen molar-refractivity contribution in [1.29, 1.82) is 0 Å². The minimum absolute atomic E-state index is 0.133. The second-order valence-electron chi connectivity index (χ2n) is 11.1. The van der Waals surface area contributed by atoms with Crippen LogP contribution < -0.4 is 10.2 Å². The predicted molar refractivity (Wildman–Crippen MR) is 163 cm³/mol. The van der Waals surface area contributed by atoms with Crippen molar-refractivity contribution in [1.82, 2.24) is 19.9 Å². The molecule has 8 nitrogen and oxygen atoms in total. The SMILES string of the molecule is CCc1c(C)c2cc3[nH]c(cc4nc(cc5nc(cc1[nH]2)C(C)=C5CCC(=O)[O-])C(CCC(=O)[O-])=C4C)c(C)c3CC. The summed E-state index contributed by atoms with van der Waals surface area (Å²) in [5.74, 6) is -2.25. The van der Waals surface area contributed by atoms with Gasteiger partial charge in [-0.25, -0.2) is 9.97 Å². The second kappa shape index (κ2) is 11.4. The Morgan fingerprint density at radius 2 is 1.02 bits per heavy atom. The zero-order valence-corrected chi connectivity index (χ0v) is 25.1. The summed E-state index contributed by atoms with van der Waals surface area (Å²) in [4.78, 5) is 40.0. The Morgan fingerprint density at radius 1 is 0.619 bits per heavy atom. The maximum atomic E-state index is 11.4. The average molecular weight is 565 g/mol. The molecule has 0 aliphatic carbocycles. The Kier molecular flexibility index (Phi) is 7.91. The molecule has 8 bridgehead atoms. The van der Waals surface area contributed by atoms with Gasteiger partial charge in [-0.2, -0.15) is 0 Å². The first-order valence-corrected chi connectivity index (χ1v) is 14.6. The van der Waals surface area contributed by atoms with Gasteiger partial charge in [0.05, 0.1) is 22.8 Å². The molecule has 42 heavy (non-hydrogen) atoms. The number of aromatic amines is 2. The molecule has 0 amide bonds. The molecular weight excluding hydrogens is 528 g/mol. The third kappa shape index (κ3) is 5.29. The van der Waals surface area contributed by atoms with Crippen LogP contribution in [0.25, 0.3) is 44.4 Å². The van der Waals surface area contributed by atoms with Crippen molar-refractivity contribution < 1.29 is 19.8 Å². The Hall–Kier alpha value is -4.46. The number of carboxylic acids is 2. The first-order valence-electron chi connectivity index (χ1n) is 14.6. The molecular formula is C34H36N4O4-2. The van der Waals surface area contributed by atoms with Gasteiger partial charge in [-0.1, -0.05) is 13.8 Å². The fourth-order valence-electron chi connectivity index (χ4n) is 6.21. The van der Waals surface area contributed by atoms with Gasteiger partial charge in [0.25, 0.3) is 0 Å². The highest BCUT2D eigenvalue weighted by Gasteiger charge is 2.22. The molecule has 5 rings (SSSR count). The van der Waals surface area contributed by atoms with Crippen molar-refractivity contribution in [2.75, 3.05) is 0 Å². The van der Waals surface area contributed by atoms with E-state index in [-0.39, 0.29) is 25.7 Å². The molecule has 5 heterocycles. The monoisotopic (exact) mass is 564 g/mol. The minimum atomic E-state index is -1.13. The lowest BCUT2D eigenvalue weighted by Gasteiger charge is -2.07. The zero-order valence-electron chi connectivity index (χ0n) is 25.1. The lowest BCUT2D eigenvalue weighted by atomic mass is 9.98. The molecule has 0 atom stereocenters. The van der Waals surface area contributed by atoms with Gasteiger partial charge in [-0.15, -0.1) is 0 Å². The highest BCUT2D eigenvalue weighted by molar-refractivity contribution is 5.96. The third-order valence-corrected chi connectivity index (χ3v) is 8.67. The van der Waals surface area contributed by atoms with Crippen LogP contribution in [0.5, 0.6) is 0 Å². The zero-order chi connectivity index (χ0) is 30.3. The van der Waals surface area contributed by atoms with E-state index < -0.39 is 11.9 Å². The fourth-order valence-corrected chi connectivity index (χ4v) is 6.21. The van der Waals surface area contributed by atoms with Crippen LogP contribution in [0.2, 0.25) is 0 Å². The number of hydrogen-bond acceptors (Lipinski definition) is 6. The number of aromatic nitrogens is 4. The molecule has 3 aromatic rings. The van der Waals surface area contributed by atoms with Crippen molar-refractivity contribution in [3.63, 3.8) is 0 Å². The number of nitrogens with zero attached hydrogens (tertiary/aromatic N) is 2. The van der Waals surface area contributed by atoms with Crippen LogP contribution in [0.4, 0.5) is 0 Å². The summed E-state index contributed by atoms with van der Waals surface area (Å²) in [6.07, 6.45) is 1.96. The van der Waals surface area contributed by atoms with Gasteiger partial charge < -0.3 is 29.8 Å². The lowest BCUT2D eigenvalue weighted by molar-refractivity contribution is -0.306. The van der Waals surface area contributed by atoms with Gasteiger partial charge in [0.2, 0.25) is 0 Å². The summed E-state index contributed by atoms with van der Waals surface area (Å²) >= 11 is 0. The topological polar surface area (TPSA) is 138 Å². The highest BCUT2D eigenvalue weighted by Crippen LogP contribution is 2.38. The van der Waals surface area contributed by atoms with Crippen LogP contribution >= 0.6 is 0 Å². The molecule has 0 unspecified atom stereocenters. The fraction of sp³-hybridized carbons (Fsp3) is 0.353. The summed E-state index contributed by atoms with van der Waals surface area (Å²) < 4.78 is 0. The van der Waals surface area contributed by atoms with E-state index in [0.29, 0.717) is 11.4 Å². The van der Waals surface area contributed by atoms with Gasteiger partial charge in [0.15, 0.2) is 0 Å². The largest absolute Gasteiger partial charge is 0.550 e. The maximum absolute atomic E-state index is 11.4. The van der Waals surface area contributed by atoms with Crippen LogP contribution in [0.1, 0.15) is 98.4 Å². The van der Waals surface area contributed by atoms with E-state index in [1.54, 1.807) is 0 Å². The maximum Gasteiger partial charge on any atom is 0.0694 e. The summed E-state index contributed by atoms with van der Waals surface area (Å²) in [5.41, 5.74) is 14.9. The van der Waals surface area contributed by atoms with E-state index >= 15 is 0 Å². The molecule has 2 N–H and O–H groups in total. The molecule has 2 aliphatic rings. The number of aryl methyl sites for hydroxylation is 4. The minimum Gasteiger partial charge on any atom is -0.550 e. The first kappa shape index (κ1) is 29.0. The summed E-state index contributed by atoms with van der Waals surface area (Å²) in [5, 5.41) is 22.8. The van der Waals surface area contributed by atoms with Crippen molar-refractivity contribution in [2.24, 2.45) is 0 Å². The number of fused-ring (bicyclic) bond motifs is 8. The summed E-state index contributed by atoms with van der Waals surface area (Å²) in [6.45, 7) is 12.4. The highest BCUT2D eigenvalue weighted by atomic mass is 16.4. The van der Waals surface area contributed by atoms with Crippen molar-refractivity contribution >= 4 is 56.3 Å². The normalized spacial score (nSPS) is 13.3. The van der Waals surface area contributed by atoms with E-state index in [2.05, 4.69) is 43.7 Å². The lowest BCUT2D eigenvalue weighted by Crippen LogP contribution is -2.21. The standard InChI is InChI=1S/C34H38N4O4/c1-7-21-17(3)25-13-26-19(5)23(9-11-33(39)40)31(37-26)16-32-24(10-12-34(41)42)20(6)28(38-32)15-30-22(8-2)18(4)27(36-30)14-29(21)35-25/h13-16,35-36H,7-12H2,1-6H3,(H,39,40)(H,41,42)/p-2. The predicted octanol–water partition coefficient (Wildman–Crippen LogP) is 4.98. The Morgan fingerprint density at radius 3 is 1.45 bits per heavy atom. The molecule has 0 saturated carbocycles. The van der Waals surface area contributed by atoms with Crippen LogP contribution in [-0.4, -0.2) is 31.9 Å². The van der Waals surface area contributed by atoms with Crippen molar-refractivity contribution in [2.45, 2.75) is 80.1 Å². The molecule has 8 heteroatoms. The number of carbonyl (C=O) groups is 2. The summed E-state index contributed by atoms with van der Waals surface area (Å²) in [7, 11) is 0. The van der Waals surface area contributed by atoms with E-state index in [9.17, 15) is 19.8 Å². The van der Waals surface area contributed by atoms with Crippen molar-refractivity contribution in [3.05, 3.63) is 69.3 Å². The van der Waals surface area contributed by atoms with E-state index in [0.717, 1.165) is 74.2 Å². The van der Waals surface area contributed by atoms with Gasteiger partial charge in [-0.3, -0.25) is 0 Å². The number of rotatable bonds is 8. The molecule has 2 aliphatic heterocycles. The molecule has 0 saturated heterocycles. The Balaban J connectivity index is 1.92. The van der Waals surface area contributed by atoms with Crippen LogP contribution in [-0.2, 0) is 22.4 Å². The quantitative estimate of drug-likeness (QED) is 0.396. The van der Waals surface area contributed by atoms with E-state index in [1.807, 2.05) is 32.0 Å². The van der Waals surface area contributed by atoms with Crippen molar-refractivity contribution in [3.8, 4) is 0 Å². The number of H-pyrrole nitrogens is 2. The van der Waals surface area contributed by atoms with Gasteiger partial charge in [-0.05, 0) is 135 Å². The van der Waals surface area contributed by atoms with Crippen LogP contribution in [0.15, 0.2) is 24.3 Å². The Labute approximate surface area is 245 Å². The molecule has 0 spiro atoms. The molecule has 0 aromatic carbocycles. The van der Waals surface area contributed by atoms with Gasteiger partial charge >= 0.3 is 0 Å². The first-order chi connectivity index (χ1) is 20.0. The molecule has 0 radical (unpaired) electrons. The van der Waals surface area contributed by atoms with Crippen LogP contribution in [0.3, 0.4) is 0 Å². The summed E-state index contributed by atoms with van der Waals surface area (Å²) in [6, 6.07) is 8.09.